The molecule has 0 saturated carbocycles. The van der Waals surface area contributed by atoms with Crippen LogP contribution >= 0.6 is 11.8 Å². The van der Waals surface area contributed by atoms with Gasteiger partial charge in [0.05, 0.1) is 19.3 Å². The second kappa shape index (κ2) is 9.09. The second-order valence-electron chi connectivity index (χ2n) is 7.94. The standard InChI is InChI=1S/C21H26N2O6S/c1-21(2,3)29-10-13-12-30-19-16(18(25)23(19)17(13)20(26)27-4)22-15(24)11-28-14-8-6-5-7-9-14/h5-9,12,16-17,19H,10-11H2,1-4H3,(H,22,24)/t16?,17?,19-/m1/s1. The van der Waals surface area contributed by atoms with E-state index in [1.165, 1.54) is 23.8 Å². The molecule has 8 nitrogen and oxygen atoms in total. The Labute approximate surface area is 179 Å². The van der Waals surface area contributed by atoms with Crippen molar-refractivity contribution in [3.63, 3.8) is 0 Å². The molecule has 0 aromatic heterocycles. The number of carbonyl (C=O) groups is 3. The minimum atomic E-state index is -0.857. The van der Waals surface area contributed by atoms with Crippen molar-refractivity contribution in [2.24, 2.45) is 0 Å². The number of thioether (sulfide) groups is 1. The van der Waals surface area contributed by atoms with Gasteiger partial charge in [-0.05, 0) is 43.9 Å². The molecule has 0 radical (unpaired) electrons. The number of esters is 1. The van der Waals surface area contributed by atoms with Crippen molar-refractivity contribution in [3.8, 4) is 5.75 Å². The summed E-state index contributed by atoms with van der Waals surface area (Å²) in [6.45, 7) is 5.74. The molecular formula is C21H26N2O6S. The Morgan fingerprint density at radius 2 is 1.90 bits per heavy atom. The van der Waals surface area contributed by atoms with E-state index in [1.807, 2.05) is 32.2 Å². The fourth-order valence-corrected chi connectivity index (χ4v) is 4.32. The monoisotopic (exact) mass is 434 g/mol. The third-order valence-electron chi connectivity index (χ3n) is 4.59. The summed E-state index contributed by atoms with van der Waals surface area (Å²) >= 11 is 1.37. The summed E-state index contributed by atoms with van der Waals surface area (Å²) in [6, 6.07) is 7.36. The van der Waals surface area contributed by atoms with Gasteiger partial charge in [-0.25, -0.2) is 4.79 Å². The van der Waals surface area contributed by atoms with E-state index in [2.05, 4.69) is 5.32 Å². The van der Waals surface area contributed by atoms with Gasteiger partial charge in [0.1, 0.15) is 17.2 Å². The molecule has 162 valence electrons. The molecule has 3 atom stereocenters. The molecule has 1 aromatic rings. The number of nitrogens with one attached hydrogen (secondary N) is 1. The van der Waals surface area contributed by atoms with Crippen LogP contribution in [0.25, 0.3) is 0 Å². The first-order valence-corrected chi connectivity index (χ1v) is 10.5. The molecule has 0 aliphatic carbocycles. The first kappa shape index (κ1) is 22.2. The fraction of sp³-hybridized carbons (Fsp3) is 0.476. The van der Waals surface area contributed by atoms with E-state index in [0.29, 0.717) is 11.3 Å². The zero-order valence-corrected chi connectivity index (χ0v) is 18.2. The Morgan fingerprint density at radius 1 is 1.20 bits per heavy atom. The van der Waals surface area contributed by atoms with Crippen LogP contribution in [0.1, 0.15) is 20.8 Å². The molecule has 0 spiro atoms. The largest absolute Gasteiger partial charge is 0.484 e. The summed E-state index contributed by atoms with van der Waals surface area (Å²) < 4.78 is 16.1. The molecule has 2 aliphatic heterocycles. The first-order valence-electron chi connectivity index (χ1n) is 9.57. The van der Waals surface area contributed by atoms with Crippen molar-refractivity contribution in [2.45, 2.75) is 43.8 Å². The molecule has 0 bridgehead atoms. The number of nitrogens with zero attached hydrogens (tertiary/aromatic N) is 1. The van der Waals surface area contributed by atoms with E-state index >= 15 is 0 Å². The third kappa shape index (κ3) is 4.96. The van der Waals surface area contributed by atoms with Gasteiger partial charge >= 0.3 is 5.97 Å². The number of para-hydroxylation sites is 1. The van der Waals surface area contributed by atoms with Crippen molar-refractivity contribution in [1.82, 2.24) is 10.2 Å². The SMILES string of the molecule is COC(=O)C1C(COC(C)(C)C)=CS[C@@H]2C(NC(=O)COc3ccccc3)C(=O)N12. The lowest BCUT2D eigenvalue weighted by atomic mass is 9.98. The van der Waals surface area contributed by atoms with E-state index in [-0.39, 0.29) is 24.5 Å². The van der Waals surface area contributed by atoms with Crippen LogP contribution in [0, 0.1) is 0 Å². The molecule has 2 heterocycles. The summed E-state index contributed by atoms with van der Waals surface area (Å²) in [5.74, 6) is -0.705. The Kier molecular flexibility index (Phi) is 6.72. The average molecular weight is 435 g/mol. The molecule has 2 unspecified atom stereocenters. The number of fused-ring (bicyclic) bond motifs is 1. The van der Waals surface area contributed by atoms with E-state index in [9.17, 15) is 14.4 Å². The van der Waals surface area contributed by atoms with Crippen molar-refractivity contribution < 1.29 is 28.6 Å². The van der Waals surface area contributed by atoms with Crippen LogP contribution in [0.15, 0.2) is 41.3 Å². The van der Waals surface area contributed by atoms with Crippen LogP contribution in [0.5, 0.6) is 5.75 Å². The number of methoxy groups -OCH3 is 1. The molecule has 1 N–H and O–H groups in total. The molecule has 2 amide bonds. The van der Waals surface area contributed by atoms with E-state index < -0.39 is 29.6 Å². The number of amides is 2. The molecule has 1 aromatic carbocycles. The Bertz CT molecular complexity index is 836. The molecule has 9 heteroatoms. The number of β-lactam (4-membered cyclic amide) rings is 1. The van der Waals surface area contributed by atoms with Crippen LogP contribution in [0.2, 0.25) is 0 Å². The number of hydrogen-bond donors (Lipinski definition) is 1. The minimum Gasteiger partial charge on any atom is -0.484 e. The van der Waals surface area contributed by atoms with Gasteiger partial charge in [-0.1, -0.05) is 18.2 Å². The topological polar surface area (TPSA) is 94.2 Å². The van der Waals surface area contributed by atoms with Crippen LogP contribution in [-0.2, 0) is 23.9 Å². The number of hydrogen-bond acceptors (Lipinski definition) is 7. The zero-order valence-electron chi connectivity index (χ0n) is 17.4. The van der Waals surface area contributed by atoms with E-state index in [0.717, 1.165) is 0 Å². The molecule has 3 rings (SSSR count). The molecular weight excluding hydrogens is 408 g/mol. The van der Waals surface area contributed by atoms with Crippen molar-refractivity contribution in [3.05, 3.63) is 41.3 Å². The highest BCUT2D eigenvalue weighted by molar-refractivity contribution is 8.02. The molecule has 2 aliphatic rings. The number of ether oxygens (including phenoxy) is 3. The summed E-state index contributed by atoms with van der Waals surface area (Å²) in [7, 11) is 1.28. The normalized spacial score (nSPS) is 23.1. The average Bonchev–Trinajstić information content (AvgIpc) is 2.73. The first-order chi connectivity index (χ1) is 14.2. The lowest BCUT2D eigenvalue weighted by Gasteiger charge is -2.51. The van der Waals surface area contributed by atoms with Gasteiger partial charge in [0.2, 0.25) is 5.91 Å². The predicted octanol–water partition coefficient (Wildman–Crippen LogP) is 1.71. The highest BCUT2D eigenvalue weighted by Crippen LogP contribution is 2.40. The van der Waals surface area contributed by atoms with Crippen LogP contribution in [-0.4, -0.2) is 66.1 Å². The van der Waals surface area contributed by atoms with Gasteiger partial charge < -0.3 is 24.4 Å². The predicted molar refractivity (Wildman–Crippen MR) is 112 cm³/mol. The Balaban J connectivity index is 1.64. The molecule has 30 heavy (non-hydrogen) atoms. The zero-order chi connectivity index (χ0) is 21.9. The number of benzene rings is 1. The molecule has 1 fully saturated rings. The van der Waals surface area contributed by atoms with Crippen LogP contribution in [0.4, 0.5) is 0 Å². The quantitative estimate of drug-likeness (QED) is 0.516. The maximum Gasteiger partial charge on any atom is 0.333 e. The maximum absolute atomic E-state index is 12.8. The van der Waals surface area contributed by atoms with Gasteiger partial charge in [0, 0.05) is 0 Å². The Hall–Kier alpha value is -2.52. The lowest BCUT2D eigenvalue weighted by molar-refractivity contribution is -0.162. The van der Waals surface area contributed by atoms with Crippen molar-refractivity contribution >= 4 is 29.5 Å². The van der Waals surface area contributed by atoms with E-state index in [4.69, 9.17) is 14.2 Å². The van der Waals surface area contributed by atoms with Gasteiger partial charge in [0.15, 0.2) is 12.6 Å². The lowest BCUT2D eigenvalue weighted by Crippen LogP contribution is -2.74. The van der Waals surface area contributed by atoms with Gasteiger partial charge in [-0.15, -0.1) is 11.8 Å². The minimum absolute atomic E-state index is 0.202. The van der Waals surface area contributed by atoms with Crippen LogP contribution in [0.3, 0.4) is 0 Å². The second-order valence-corrected chi connectivity index (χ2v) is 8.93. The summed E-state index contributed by atoms with van der Waals surface area (Å²) in [5.41, 5.74) is 0.264. The number of rotatable bonds is 7. The Morgan fingerprint density at radius 3 is 2.53 bits per heavy atom. The van der Waals surface area contributed by atoms with Gasteiger partial charge in [-0.2, -0.15) is 0 Å². The summed E-state index contributed by atoms with van der Waals surface area (Å²) in [4.78, 5) is 38.9. The van der Waals surface area contributed by atoms with Gasteiger partial charge in [-0.3, -0.25) is 9.59 Å². The van der Waals surface area contributed by atoms with Gasteiger partial charge in [0.25, 0.3) is 5.91 Å². The smallest absolute Gasteiger partial charge is 0.333 e. The third-order valence-corrected chi connectivity index (χ3v) is 5.81. The summed E-state index contributed by atoms with van der Waals surface area (Å²) in [6.07, 6.45) is 0. The highest BCUT2D eigenvalue weighted by Gasteiger charge is 2.56. The summed E-state index contributed by atoms with van der Waals surface area (Å²) in [5, 5.41) is 4.13. The van der Waals surface area contributed by atoms with Crippen molar-refractivity contribution in [2.75, 3.05) is 20.3 Å². The molecule has 1 saturated heterocycles. The number of carbonyl (C=O) groups excluding carboxylic acids is 3. The van der Waals surface area contributed by atoms with Crippen molar-refractivity contribution in [1.29, 1.82) is 0 Å². The fourth-order valence-electron chi connectivity index (χ4n) is 3.11. The van der Waals surface area contributed by atoms with Crippen LogP contribution < -0.4 is 10.1 Å². The van der Waals surface area contributed by atoms with E-state index in [1.54, 1.807) is 24.3 Å². The maximum atomic E-state index is 12.8. The highest BCUT2D eigenvalue weighted by atomic mass is 32.2.